The molecule has 1 aliphatic rings. The van der Waals surface area contributed by atoms with Crippen molar-refractivity contribution in [1.29, 1.82) is 0 Å². The van der Waals surface area contributed by atoms with Crippen LogP contribution in [0.3, 0.4) is 0 Å². The molecule has 1 saturated heterocycles. The lowest BCUT2D eigenvalue weighted by molar-refractivity contribution is -0.310. The smallest absolute Gasteiger partial charge is 0.186 e. The van der Waals surface area contributed by atoms with Crippen LogP contribution in [0.1, 0.15) is 18.9 Å². The minimum Gasteiger partial charge on any atom is -0.497 e. The molecule has 0 spiro atoms. The van der Waals surface area contributed by atoms with Crippen molar-refractivity contribution in [3.8, 4) is 5.75 Å². The first-order valence-corrected chi connectivity index (χ1v) is 8.05. The molecule has 0 radical (unpaired) electrons. The second-order valence-electron chi connectivity index (χ2n) is 6.03. The van der Waals surface area contributed by atoms with Gasteiger partial charge in [0, 0.05) is 0 Å². The van der Waals surface area contributed by atoms with E-state index in [2.05, 4.69) is 0 Å². The maximum Gasteiger partial charge on any atom is 0.186 e. The van der Waals surface area contributed by atoms with E-state index in [4.69, 9.17) is 19.3 Å². The molecule has 136 valence electrons. The molecule has 1 fully saturated rings. The molecule has 0 aromatic heterocycles. The average Bonchev–Trinajstić information content (AvgIpc) is 2.60. The fraction of sp³-hybridized carbons (Fsp3) is 0.647. The number of methoxy groups -OCH3 is 1. The molecule has 1 aliphatic heterocycles. The standard InChI is InChI=1S/C17H26O7/c1-10(3-4-11-5-7-12(22-2)8-6-11)23-17-16(21)15(20)14(19)13(9-18)24-17/h5-8,10,13-21H,3-4,9H2,1-2H3. The molecule has 2 rings (SSSR count). The zero-order valence-electron chi connectivity index (χ0n) is 13.9. The van der Waals surface area contributed by atoms with Crippen LogP contribution in [0.4, 0.5) is 0 Å². The zero-order valence-corrected chi connectivity index (χ0v) is 13.9. The molecule has 24 heavy (non-hydrogen) atoms. The highest BCUT2D eigenvalue weighted by Crippen LogP contribution is 2.24. The van der Waals surface area contributed by atoms with Crippen molar-refractivity contribution in [3.63, 3.8) is 0 Å². The maximum absolute atomic E-state index is 9.96. The Hall–Kier alpha value is -1.22. The molecular weight excluding hydrogens is 316 g/mol. The first-order chi connectivity index (χ1) is 11.5. The normalized spacial score (nSPS) is 31.7. The number of aliphatic hydroxyl groups is 4. The number of benzene rings is 1. The Labute approximate surface area is 141 Å². The molecule has 7 heteroatoms. The monoisotopic (exact) mass is 342 g/mol. The van der Waals surface area contributed by atoms with Crippen molar-refractivity contribution in [2.24, 2.45) is 0 Å². The SMILES string of the molecule is COc1ccc(CCC(C)OC2OC(CO)C(O)C(O)C2O)cc1. The molecule has 0 saturated carbocycles. The van der Waals surface area contributed by atoms with Gasteiger partial charge in [0.15, 0.2) is 6.29 Å². The lowest BCUT2D eigenvalue weighted by atomic mass is 9.99. The molecule has 1 aromatic carbocycles. The minimum absolute atomic E-state index is 0.242. The number of aliphatic hydroxyl groups excluding tert-OH is 4. The van der Waals surface area contributed by atoms with Gasteiger partial charge in [-0.25, -0.2) is 0 Å². The number of aryl methyl sites for hydroxylation is 1. The summed E-state index contributed by atoms with van der Waals surface area (Å²) < 4.78 is 16.1. The molecule has 0 aliphatic carbocycles. The van der Waals surface area contributed by atoms with Crippen LogP contribution in [-0.2, 0) is 15.9 Å². The Morgan fingerprint density at radius 3 is 2.33 bits per heavy atom. The number of hydrogen-bond donors (Lipinski definition) is 4. The van der Waals surface area contributed by atoms with Crippen molar-refractivity contribution in [2.75, 3.05) is 13.7 Å². The van der Waals surface area contributed by atoms with Crippen LogP contribution in [0.25, 0.3) is 0 Å². The fourth-order valence-electron chi connectivity index (χ4n) is 2.64. The van der Waals surface area contributed by atoms with E-state index in [0.29, 0.717) is 6.42 Å². The summed E-state index contributed by atoms with van der Waals surface area (Å²) >= 11 is 0. The predicted octanol–water partition coefficient (Wildman–Crippen LogP) is -0.167. The van der Waals surface area contributed by atoms with Crippen LogP contribution in [0.5, 0.6) is 5.75 Å². The second kappa shape index (κ2) is 8.75. The Morgan fingerprint density at radius 2 is 1.75 bits per heavy atom. The Kier molecular flexibility index (Phi) is 6.97. The third-order valence-corrected chi connectivity index (χ3v) is 4.21. The van der Waals surface area contributed by atoms with Crippen LogP contribution < -0.4 is 4.74 Å². The number of rotatable bonds is 7. The summed E-state index contributed by atoms with van der Waals surface area (Å²) in [6, 6.07) is 7.72. The van der Waals surface area contributed by atoms with E-state index in [1.165, 1.54) is 0 Å². The lowest BCUT2D eigenvalue weighted by Gasteiger charge is -2.40. The predicted molar refractivity (Wildman–Crippen MR) is 85.6 cm³/mol. The van der Waals surface area contributed by atoms with E-state index < -0.39 is 37.3 Å². The topological polar surface area (TPSA) is 109 Å². The molecule has 7 nitrogen and oxygen atoms in total. The van der Waals surface area contributed by atoms with Gasteiger partial charge in [-0.1, -0.05) is 12.1 Å². The molecule has 0 bridgehead atoms. The van der Waals surface area contributed by atoms with Crippen molar-refractivity contribution < 1.29 is 34.6 Å². The number of hydrogen-bond acceptors (Lipinski definition) is 7. The highest BCUT2D eigenvalue weighted by Gasteiger charge is 2.44. The first kappa shape index (κ1) is 19.1. The summed E-state index contributed by atoms with van der Waals surface area (Å²) in [5.41, 5.74) is 1.13. The number of ether oxygens (including phenoxy) is 3. The van der Waals surface area contributed by atoms with Crippen LogP contribution in [-0.4, -0.2) is 71.0 Å². The van der Waals surface area contributed by atoms with Gasteiger partial charge in [-0.05, 0) is 37.5 Å². The van der Waals surface area contributed by atoms with Crippen LogP contribution >= 0.6 is 0 Å². The van der Waals surface area contributed by atoms with E-state index in [1.807, 2.05) is 31.2 Å². The average molecular weight is 342 g/mol. The van der Waals surface area contributed by atoms with Gasteiger partial charge in [-0.3, -0.25) is 0 Å². The van der Waals surface area contributed by atoms with Gasteiger partial charge in [-0.15, -0.1) is 0 Å². The minimum atomic E-state index is -1.42. The summed E-state index contributed by atoms with van der Waals surface area (Å²) in [6.45, 7) is 1.37. The summed E-state index contributed by atoms with van der Waals surface area (Å²) in [5.74, 6) is 0.796. The highest BCUT2D eigenvalue weighted by molar-refractivity contribution is 5.27. The van der Waals surface area contributed by atoms with Crippen molar-refractivity contribution in [3.05, 3.63) is 29.8 Å². The van der Waals surface area contributed by atoms with Gasteiger partial charge in [0.25, 0.3) is 0 Å². The van der Waals surface area contributed by atoms with Gasteiger partial charge in [0.1, 0.15) is 30.2 Å². The second-order valence-corrected chi connectivity index (χ2v) is 6.03. The Morgan fingerprint density at radius 1 is 1.08 bits per heavy atom. The molecule has 1 heterocycles. The quantitative estimate of drug-likeness (QED) is 0.545. The van der Waals surface area contributed by atoms with Crippen LogP contribution in [0.15, 0.2) is 24.3 Å². The molecule has 1 aromatic rings. The van der Waals surface area contributed by atoms with E-state index in [1.54, 1.807) is 7.11 Å². The van der Waals surface area contributed by atoms with E-state index >= 15 is 0 Å². The Bertz CT molecular complexity index is 490. The zero-order chi connectivity index (χ0) is 17.7. The van der Waals surface area contributed by atoms with Gasteiger partial charge >= 0.3 is 0 Å². The summed E-state index contributed by atoms with van der Waals surface area (Å²) in [4.78, 5) is 0. The molecule has 4 N–H and O–H groups in total. The molecule has 6 atom stereocenters. The third-order valence-electron chi connectivity index (χ3n) is 4.21. The fourth-order valence-corrected chi connectivity index (χ4v) is 2.64. The molecular formula is C17H26O7. The summed E-state index contributed by atoms with van der Waals surface area (Å²) in [5, 5.41) is 38.6. The van der Waals surface area contributed by atoms with Gasteiger partial charge in [-0.2, -0.15) is 0 Å². The highest BCUT2D eigenvalue weighted by atomic mass is 16.7. The van der Waals surface area contributed by atoms with Crippen molar-refractivity contribution >= 4 is 0 Å². The lowest BCUT2D eigenvalue weighted by Crippen LogP contribution is -2.59. The van der Waals surface area contributed by atoms with Crippen LogP contribution in [0, 0.1) is 0 Å². The largest absolute Gasteiger partial charge is 0.497 e. The van der Waals surface area contributed by atoms with Gasteiger partial charge in [0.2, 0.25) is 0 Å². The summed E-state index contributed by atoms with van der Waals surface area (Å²) in [6.07, 6.45) is -5.01. The molecule has 6 unspecified atom stereocenters. The van der Waals surface area contributed by atoms with Crippen molar-refractivity contribution in [2.45, 2.75) is 56.6 Å². The van der Waals surface area contributed by atoms with Gasteiger partial charge < -0.3 is 34.6 Å². The van der Waals surface area contributed by atoms with Crippen LogP contribution in [0.2, 0.25) is 0 Å². The third kappa shape index (κ3) is 4.66. The Balaban J connectivity index is 1.85. The maximum atomic E-state index is 9.96. The van der Waals surface area contributed by atoms with E-state index in [9.17, 15) is 15.3 Å². The molecule has 0 amide bonds. The first-order valence-electron chi connectivity index (χ1n) is 8.05. The van der Waals surface area contributed by atoms with Crippen molar-refractivity contribution in [1.82, 2.24) is 0 Å². The van der Waals surface area contributed by atoms with E-state index in [0.717, 1.165) is 17.7 Å². The van der Waals surface area contributed by atoms with Gasteiger partial charge in [0.05, 0.1) is 19.8 Å². The van der Waals surface area contributed by atoms with E-state index in [-0.39, 0.29) is 6.10 Å². The summed E-state index contributed by atoms with van der Waals surface area (Å²) in [7, 11) is 1.62.